The first kappa shape index (κ1) is 11.8. The summed E-state index contributed by atoms with van der Waals surface area (Å²) >= 11 is 0. The predicted molar refractivity (Wildman–Crippen MR) is 69.8 cm³/mol. The summed E-state index contributed by atoms with van der Waals surface area (Å²) in [5.74, 6) is 0.0487. The molecule has 1 atom stereocenters. The van der Waals surface area contributed by atoms with Gasteiger partial charge in [-0.1, -0.05) is 0 Å². The number of hydrogen-bond donors (Lipinski definition) is 3. The van der Waals surface area contributed by atoms with Crippen LogP contribution in [0.15, 0.2) is 18.2 Å². The summed E-state index contributed by atoms with van der Waals surface area (Å²) in [5.41, 5.74) is 8.45. The summed E-state index contributed by atoms with van der Waals surface area (Å²) in [7, 11) is 0. The number of hydrogen-bond acceptors (Lipinski definition) is 3. The van der Waals surface area contributed by atoms with E-state index in [2.05, 4.69) is 10.6 Å². The maximum absolute atomic E-state index is 11.8. The zero-order valence-electron chi connectivity index (χ0n) is 10.3. The van der Waals surface area contributed by atoms with Crippen LogP contribution in [0.4, 0.5) is 11.4 Å². The monoisotopic (exact) mass is 233 g/mol. The van der Waals surface area contributed by atoms with E-state index in [1.807, 2.05) is 32.0 Å². The van der Waals surface area contributed by atoms with E-state index >= 15 is 0 Å². The van der Waals surface area contributed by atoms with Crippen molar-refractivity contribution in [2.45, 2.75) is 38.8 Å². The van der Waals surface area contributed by atoms with Crippen LogP contribution in [-0.2, 0) is 4.79 Å². The third kappa shape index (κ3) is 3.37. The van der Waals surface area contributed by atoms with Crippen LogP contribution in [0.1, 0.15) is 25.3 Å². The number of carbonyl (C=O) groups excluding carboxylic acids is 1. The second-order valence-corrected chi connectivity index (χ2v) is 4.78. The van der Waals surface area contributed by atoms with Gasteiger partial charge in [-0.25, -0.2) is 0 Å². The molecule has 4 N–H and O–H groups in total. The van der Waals surface area contributed by atoms with Gasteiger partial charge in [-0.05, 0) is 50.5 Å². The third-order valence-electron chi connectivity index (χ3n) is 2.80. The second kappa shape index (κ2) is 4.65. The highest BCUT2D eigenvalue weighted by atomic mass is 16.2. The molecule has 0 spiro atoms. The molecular weight excluding hydrogens is 214 g/mol. The number of nitrogens with one attached hydrogen (secondary N) is 2. The molecule has 1 fully saturated rings. The highest BCUT2D eigenvalue weighted by Crippen LogP contribution is 2.20. The van der Waals surface area contributed by atoms with Crippen molar-refractivity contribution in [1.82, 2.24) is 5.32 Å². The highest BCUT2D eigenvalue weighted by molar-refractivity contribution is 5.84. The maximum atomic E-state index is 11.8. The molecule has 1 amide bonds. The SMILES string of the molecule is Cc1cc(N)cc(NC(C)C(=O)NC2CC2)c1. The first-order valence-corrected chi connectivity index (χ1v) is 5.98. The lowest BCUT2D eigenvalue weighted by Crippen LogP contribution is -2.38. The van der Waals surface area contributed by atoms with Gasteiger partial charge in [-0.2, -0.15) is 0 Å². The Morgan fingerprint density at radius 1 is 1.41 bits per heavy atom. The molecular formula is C13H19N3O. The summed E-state index contributed by atoms with van der Waals surface area (Å²) in [5, 5.41) is 6.13. The first-order valence-electron chi connectivity index (χ1n) is 5.98. The average Bonchev–Trinajstić information content (AvgIpc) is 2.99. The van der Waals surface area contributed by atoms with Crippen LogP contribution in [0.25, 0.3) is 0 Å². The third-order valence-corrected chi connectivity index (χ3v) is 2.80. The van der Waals surface area contributed by atoms with Crippen molar-refractivity contribution in [2.24, 2.45) is 0 Å². The molecule has 1 saturated carbocycles. The fraction of sp³-hybridized carbons (Fsp3) is 0.462. The van der Waals surface area contributed by atoms with Gasteiger partial charge in [0, 0.05) is 17.4 Å². The van der Waals surface area contributed by atoms with Crippen molar-refractivity contribution < 1.29 is 4.79 Å². The lowest BCUT2D eigenvalue weighted by Gasteiger charge is -2.15. The number of nitrogen functional groups attached to an aromatic ring is 1. The minimum absolute atomic E-state index is 0.0487. The molecule has 1 aromatic carbocycles. The van der Waals surface area contributed by atoms with E-state index < -0.39 is 0 Å². The van der Waals surface area contributed by atoms with Gasteiger partial charge in [0.25, 0.3) is 0 Å². The van der Waals surface area contributed by atoms with E-state index in [1.165, 1.54) is 0 Å². The van der Waals surface area contributed by atoms with Crippen molar-refractivity contribution >= 4 is 17.3 Å². The van der Waals surface area contributed by atoms with Crippen molar-refractivity contribution in [1.29, 1.82) is 0 Å². The lowest BCUT2D eigenvalue weighted by molar-refractivity contribution is -0.121. The van der Waals surface area contributed by atoms with Crippen LogP contribution in [-0.4, -0.2) is 18.0 Å². The molecule has 92 valence electrons. The molecule has 4 heteroatoms. The largest absolute Gasteiger partial charge is 0.399 e. The molecule has 17 heavy (non-hydrogen) atoms. The number of rotatable bonds is 4. The van der Waals surface area contributed by atoms with Gasteiger partial charge in [0.05, 0.1) is 0 Å². The topological polar surface area (TPSA) is 67.1 Å². The lowest BCUT2D eigenvalue weighted by atomic mass is 10.2. The molecule has 0 radical (unpaired) electrons. The van der Waals surface area contributed by atoms with Crippen molar-refractivity contribution in [3.63, 3.8) is 0 Å². The van der Waals surface area contributed by atoms with E-state index in [0.29, 0.717) is 11.7 Å². The van der Waals surface area contributed by atoms with Crippen LogP contribution >= 0.6 is 0 Å². The van der Waals surface area contributed by atoms with Crippen LogP contribution < -0.4 is 16.4 Å². The number of benzene rings is 1. The number of amides is 1. The molecule has 0 heterocycles. The van der Waals surface area contributed by atoms with Gasteiger partial charge in [0.2, 0.25) is 5.91 Å². The minimum atomic E-state index is -0.239. The molecule has 1 aromatic rings. The summed E-state index contributed by atoms with van der Waals surface area (Å²) < 4.78 is 0. The molecule has 0 bridgehead atoms. The fourth-order valence-electron chi connectivity index (χ4n) is 1.77. The molecule has 0 aromatic heterocycles. The Balaban J connectivity index is 1.96. The van der Waals surface area contributed by atoms with Gasteiger partial charge < -0.3 is 16.4 Å². The van der Waals surface area contributed by atoms with Crippen molar-refractivity contribution in [3.05, 3.63) is 23.8 Å². The Morgan fingerprint density at radius 3 is 2.71 bits per heavy atom. The Kier molecular flexibility index (Phi) is 3.22. The van der Waals surface area contributed by atoms with E-state index in [4.69, 9.17) is 5.73 Å². The predicted octanol–water partition coefficient (Wildman–Crippen LogP) is 1.66. The van der Waals surface area contributed by atoms with E-state index in [-0.39, 0.29) is 11.9 Å². The van der Waals surface area contributed by atoms with E-state index in [9.17, 15) is 4.79 Å². The summed E-state index contributed by atoms with van der Waals surface area (Å²) in [6, 6.07) is 5.89. The van der Waals surface area contributed by atoms with Crippen LogP contribution in [0.2, 0.25) is 0 Å². The van der Waals surface area contributed by atoms with Crippen LogP contribution in [0.3, 0.4) is 0 Å². The summed E-state index contributed by atoms with van der Waals surface area (Å²) in [6.07, 6.45) is 2.21. The smallest absolute Gasteiger partial charge is 0.242 e. The van der Waals surface area contributed by atoms with Crippen molar-refractivity contribution in [2.75, 3.05) is 11.1 Å². The molecule has 1 aliphatic rings. The number of carbonyl (C=O) groups is 1. The standard InChI is InChI=1S/C13H19N3O/c1-8-5-10(14)7-12(6-8)15-9(2)13(17)16-11-3-4-11/h5-7,9,11,15H,3-4,14H2,1-2H3,(H,16,17). The maximum Gasteiger partial charge on any atom is 0.242 e. The number of aryl methyl sites for hydroxylation is 1. The average molecular weight is 233 g/mol. The fourth-order valence-corrected chi connectivity index (χ4v) is 1.77. The quantitative estimate of drug-likeness (QED) is 0.693. The van der Waals surface area contributed by atoms with Gasteiger partial charge >= 0.3 is 0 Å². The molecule has 4 nitrogen and oxygen atoms in total. The summed E-state index contributed by atoms with van der Waals surface area (Å²) in [4.78, 5) is 11.8. The zero-order valence-corrected chi connectivity index (χ0v) is 10.3. The minimum Gasteiger partial charge on any atom is -0.399 e. The van der Waals surface area contributed by atoms with E-state index in [0.717, 1.165) is 24.1 Å². The molecule has 0 aliphatic heterocycles. The number of anilines is 2. The Hall–Kier alpha value is -1.71. The molecule has 2 rings (SSSR count). The number of nitrogens with two attached hydrogens (primary N) is 1. The normalized spacial score (nSPS) is 16.4. The van der Waals surface area contributed by atoms with Gasteiger partial charge in [0.15, 0.2) is 0 Å². The van der Waals surface area contributed by atoms with Crippen LogP contribution in [0, 0.1) is 6.92 Å². The zero-order chi connectivity index (χ0) is 12.4. The second-order valence-electron chi connectivity index (χ2n) is 4.78. The van der Waals surface area contributed by atoms with Gasteiger partial charge in [0.1, 0.15) is 6.04 Å². The first-order chi connectivity index (χ1) is 8.04. The Labute approximate surface area is 102 Å². The van der Waals surface area contributed by atoms with Gasteiger partial charge in [-0.3, -0.25) is 4.79 Å². The molecule has 1 aliphatic carbocycles. The molecule has 0 saturated heterocycles. The van der Waals surface area contributed by atoms with E-state index in [1.54, 1.807) is 0 Å². The summed E-state index contributed by atoms with van der Waals surface area (Å²) in [6.45, 7) is 3.84. The Bertz CT molecular complexity index is 406. The van der Waals surface area contributed by atoms with Gasteiger partial charge in [-0.15, -0.1) is 0 Å². The highest BCUT2D eigenvalue weighted by Gasteiger charge is 2.25. The Morgan fingerprint density at radius 2 is 2.12 bits per heavy atom. The van der Waals surface area contributed by atoms with Crippen LogP contribution in [0.5, 0.6) is 0 Å². The molecule has 1 unspecified atom stereocenters. The van der Waals surface area contributed by atoms with Crippen molar-refractivity contribution in [3.8, 4) is 0 Å².